The second-order valence-corrected chi connectivity index (χ2v) is 6.50. The number of esters is 1. The number of hydrogen-bond donors (Lipinski definition) is 3. The standard InChI is InChI=1S/C14H18Cl2N2O4/c1-14(2,3)22-13(21)10(17)6-11(19)18-7-4-8(15)12(20)9(16)5-7/h4-5,10,20H,6,17H2,1-3H3,(H,18,19). The Morgan fingerprint density at radius 1 is 1.32 bits per heavy atom. The quantitative estimate of drug-likeness (QED) is 0.573. The van der Waals surface area contributed by atoms with Crippen molar-refractivity contribution < 1.29 is 19.4 Å². The lowest BCUT2D eigenvalue weighted by molar-refractivity contribution is -0.157. The van der Waals surface area contributed by atoms with E-state index in [-0.39, 0.29) is 27.9 Å². The van der Waals surface area contributed by atoms with Gasteiger partial charge in [0.1, 0.15) is 11.6 Å². The van der Waals surface area contributed by atoms with Crippen LogP contribution in [0.3, 0.4) is 0 Å². The third-order valence-corrected chi connectivity index (χ3v) is 2.99. The van der Waals surface area contributed by atoms with Gasteiger partial charge in [-0.3, -0.25) is 9.59 Å². The molecule has 0 saturated heterocycles. The van der Waals surface area contributed by atoms with E-state index < -0.39 is 23.5 Å². The summed E-state index contributed by atoms with van der Waals surface area (Å²) in [4.78, 5) is 23.5. The van der Waals surface area contributed by atoms with Crippen molar-refractivity contribution in [3.8, 4) is 5.75 Å². The summed E-state index contributed by atoms with van der Waals surface area (Å²) in [7, 11) is 0. The fraction of sp³-hybridized carbons (Fsp3) is 0.429. The highest BCUT2D eigenvalue weighted by Crippen LogP contribution is 2.34. The van der Waals surface area contributed by atoms with Gasteiger partial charge in [0.15, 0.2) is 5.75 Å². The third-order valence-electron chi connectivity index (χ3n) is 2.42. The maximum Gasteiger partial charge on any atom is 0.323 e. The number of rotatable bonds is 4. The Balaban J connectivity index is 2.65. The molecule has 0 saturated carbocycles. The van der Waals surface area contributed by atoms with Crippen LogP contribution >= 0.6 is 23.2 Å². The molecule has 1 aromatic rings. The molecule has 0 fully saturated rings. The number of carbonyl (C=O) groups excluding carboxylic acids is 2. The number of anilines is 1. The molecule has 0 radical (unpaired) electrons. The summed E-state index contributed by atoms with van der Waals surface area (Å²) >= 11 is 11.5. The molecule has 122 valence electrons. The van der Waals surface area contributed by atoms with Crippen LogP contribution in [0.25, 0.3) is 0 Å². The molecule has 0 aliphatic carbocycles. The largest absolute Gasteiger partial charge is 0.505 e. The van der Waals surface area contributed by atoms with Gasteiger partial charge in [-0.15, -0.1) is 0 Å². The van der Waals surface area contributed by atoms with E-state index in [2.05, 4.69) is 5.32 Å². The van der Waals surface area contributed by atoms with Gasteiger partial charge in [-0.05, 0) is 32.9 Å². The Morgan fingerprint density at radius 3 is 2.27 bits per heavy atom. The van der Waals surface area contributed by atoms with Gasteiger partial charge in [-0.25, -0.2) is 0 Å². The number of phenols is 1. The van der Waals surface area contributed by atoms with Gasteiger partial charge in [0.25, 0.3) is 0 Å². The van der Waals surface area contributed by atoms with E-state index in [0.717, 1.165) is 0 Å². The minimum atomic E-state index is -1.08. The number of ether oxygens (including phenoxy) is 1. The Hall–Kier alpha value is -1.50. The maximum atomic E-state index is 11.9. The predicted octanol–water partition coefficient (Wildman–Crippen LogP) is 2.70. The fourth-order valence-corrected chi connectivity index (χ4v) is 2.00. The van der Waals surface area contributed by atoms with Gasteiger partial charge in [0.05, 0.1) is 16.5 Å². The average Bonchev–Trinajstić information content (AvgIpc) is 2.33. The van der Waals surface area contributed by atoms with Crippen molar-refractivity contribution >= 4 is 40.8 Å². The second kappa shape index (κ2) is 7.17. The zero-order valence-corrected chi connectivity index (χ0v) is 14.0. The number of halogens is 2. The van der Waals surface area contributed by atoms with Crippen molar-refractivity contribution in [2.75, 3.05) is 5.32 Å². The van der Waals surface area contributed by atoms with Gasteiger partial charge in [-0.2, -0.15) is 0 Å². The highest BCUT2D eigenvalue weighted by Gasteiger charge is 2.24. The van der Waals surface area contributed by atoms with E-state index in [1.54, 1.807) is 20.8 Å². The first-order chi connectivity index (χ1) is 9.99. The van der Waals surface area contributed by atoms with Crippen molar-refractivity contribution in [1.29, 1.82) is 0 Å². The summed E-state index contributed by atoms with van der Waals surface area (Å²) in [6.45, 7) is 5.12. The van der Waals surface area contributed by atoms with Crippen LogP contribution in [0.15, 0.2) is 12.1 Å². The molecule has 0 aliphatic heterocycles. The summed E-state index contributed by atoms with van der Waals surface area (Å²) in [5.74, 6) is -1.44. The van der Waals surface area contributed by atoms with Crippen LogP contribution in [0.4, 0.5) is 5.69 Å². The van der Waals surface area contributed by atoms with Crippen LogP contribution in [0.1, 0.15) is 27.2 Å². The van der Waals surface area contributed by atoms with E-state index in [1.165, 1.54) is 12.1 Å². The summed E-state index contributed by atoms with van der Waals surface area (Å²) in [6.07, 6.45) is -0.259. The van der Waals surface area contributed by atoms with Crippen LogP contribution in [-0.2, 0) is 14.3 Å². The smallest absolute Gasteiger partial charge is 0.323 e. The molecule has 0 aromatic heterocycles. The van der Waals surface area contributed by atoms with Crippen molar-refractivity contribution in [3.05, 3.63) is 22.2 Å². The van der Waals surface area contributed by atoms with Gasteiger partial charge in [0.2, 0.25) is 5.91 Å². The molecule has 1 amide bonds. The molecular weight excluding hydrogens is 331 g/mol. The summed E-state index contributed by atoms with van der Waals surface area (Å²) < 4.78 is 5.09. The third kappa shape index (κ3) is 5.71. The first-order valence-electron chi connectivity index (χ1n) is 6.46. The molecule has 0 spiro atoms. The van der Waals surface area contributed by atoms with Crippen LogP contribution in [-0.4, -0.2) is 28.6 Å². The van der Waals surface area contributed by atoms with E-state index >= 15 is 0 Å². The zero-order chi connectivity index (χ0) is 17.1. The van der Waals surface area contributed by atoms with E-state index in [0.29, 0.717) is 0 Å². The highest BCUT2D eigenvalue weighted by atomic mass is 35.5. The molecule has 1 atom stereocenters. The Bertz CT molecular complexity index is 562. The minimum absolute atomic E-state index is 0.000703. The maximum absolute atomic E-state index is 11.9. The SMILES string of the molecule is CC(C)(C)OC(=O)C(N)CC(=O)Nc1cc(Cl)c(O)c(Cl)c1. The first kappa shape index (κ1) is 18.5. The summed E-state index contributed by atoms with van der Waals surface area (Å²) in [5, 5.41) is 11.9. The molecule has 1 unspecified atom stereocenters. The van der Waals surface area contributed by atoms with Crippen LogP contribution < -0.4 is 11.1 Å². The number of nitrogens with two attached hydrogens (primary N) is 1. The topological polar surface area (TPSA) is 102 Å². The molecule has 22 heavy (non-hydrogen) atoms. The number of aromatic hydroxyl groups is 1. The second-order valence-electron chi connectivity index (χ2n) is 5.68. The molecular formula is C14H18Cl2N2O4. The number of phenolic OH excluding ortho intramolecular Hbond substituents is 1. The number of nitrogens with one attached hydrogen (secondary N) is 1. The Morgan fingerprint density at radius 2 is 1.82 bits per heavy atom. The number of hydrogen-bond acceptors (Lipinski definition) is 5. The zero-order valence-electron chi connectivity index (χ0n) is 12.4. The number of amides is 1. The monoisotopic (exact) mass is 348 g/mol. The minimum Gasteiger partial charge on any atom is -0.505 e. The molecule has 0 aliphatic rings. The lowest BCUT2D eigenvalue weighted by atomic mass is 10.1. The molecule has 0 bridgehead atoms. The van der Waals surface area contributed by atoms with E-state index in [4.69, 9.17) is 33.7 Å². The van der Waals surface area contributed by atoms with Crippen molar-refractivity contribution in [2.24, 2.45) is 5.73 Å². The average molecular weight is 349 g/mol. The van der Waals surface area contributed by atoms with Crippen LogP contribution in [0.2, 0.25) is 10.0 Å². The predicted molar refractivity (Wildman–Crippen MR) is 85.2 cm³/mol. The number of benzene rings is 1. The number of carbonyl (C=O) groups is 2. The van der Waals surface area contributed by atoms with Gasteiger partial charge in [-0.1, -0.05) is 23.2 Å². The Labute approximate surface area is 138 Å². The van der Waals surface area contributed by atoms with E-state index in [1.807, 2.05) is 0 Å². The van der Waals surface area contributed by atoms with Gasteiger partial charge >= 0.3 is 5.97 Å². The summed E-state index contributed by atoms with van der Waals surface area (Å²) in [5.41, 5.74) is 5.24. The Kier molecular flexibility index (Phi) is 6.05. The normalized spacial score (nSPS) is 12.6. The molecule has 6 nitrogen and oxygen atoms in total. The molecule has 0 heterocycles. The lowest BCUT2D eigenvalue weighted by Gasteiger charge is -2.22. The van der Waals surface area contributed by atoms with E-state index in [9.17, 15) is 14.7 Å². The molecule has 4 N–H and O–H groups in total. The first-order valence-corrected chi connectivity index (χ1v) is 7.21. The lowest BCUT2D eigenvalue weighted by Crippen LogP contribution is -2.39. The van der Waals surface area contributed by atoms with Gasteiger partial charge < -0.3 is 20.9 Å². The van der Waals surface area contributed by atoms with Crippen molar-refractivity contribution in [3.63, 3.8) is 0 Å². The molecule has 1 aromatic carbocycles. The van der Waals surface area contributed by atoms with Crippen LogP contribution in [0, 0.1) is 0 Å². The van der Waals surface area contributed by atoms with Crippen molar-refractivity contribution in [1.82, 2.24) is 0 Å². The van der Waals surface area contributed by atoms with Crippen molar-refractivity contribution in [2.45, 2.75) is 38.8 Å². The molecule has 8 heteroatoms. The summed E-state index contributed by atoms with van der Waals surface area (Å²) in [6, 6.07) is 1.58. The van der Waals surface area contributed by atoms with Crippen LogP contribution in [0.5, 0.6) is 5.75 Å². The fourth-order valence-electron chi connectivity index (χ4n) is 1.51. The molecule has 1 rings (SSSR count). The highest BCUT2D eigenvalue weighted by molar-refractivity contribution is 6.37. The van der Waals surface area contributed by atoms with Gasteiger partial charge in [0, 0.05) is 5.69 Å².